The number of methoxy groups -OCH3 is 1. The van der Waals surface area contributed by atoms with Gasteiger partial charge in [0, 0.05) is 13.0 Å². The van der Waals surface area contributed by atoms with Gasteiger partial charge in [0.05, 0.1) is 38.2 Å². The van der Waals surface area contributed by atoms with Crippen LogP contribution in [0.15, 0.2) is 54.6 Å². The van der Waals surface area contributed by atoms with Gasteiger partial charge in [-0.3, -0.25) is 4.79 Å². The summed E-state index contributed by atoms with van der Waals surface area (Å²) in [5.41, 5.74) is 2.01. The summed E-state index contributed by atoms with van der Waals surface area (Å²) in [6.45, 7) is -0.0368. The topological polar surface area (TPSA) is 113 Å². The Labute approximate surface area is 218 Å². The number of imide groups is 1. The van der Waals surface area contributed by atoms with Crippen molar-refractivity contribution in [1.82, 2.24) is 9.21 Å². The van der Waals surface area contributed by atoms with E-state index < -0.39 is 34.1 Å². The first-order valence-corrected chi connectivity index (χ1v) is 14.3. The zero-order valence-electron chi connectivity index (χ0n) is 21.2. The van der Waals surface area contributed by atoms with Crippen molar-refractivity contribution in [1.29, 1.82) is 0 Å². The van der Waals surface area contributed by atoms with Crippen molar-refractivity contribution in [3.05, 3.63) is 65.7 Å². The van der Waals surface area contributed by atoms with Crippen molar-refractivity contribution in [2.24, 2.45) is 0 Å². The Balaban J connectivity index is 1.47. The van der Waals surface area contributed by atoms with Crippen molar-refractivity contribution in [3.63, 3.8) is 0 Å². The molecule has 2 aromatic carbocycles. The third-order valence-electron chi connectivity index (χ3n) is 7.38. The van der Waals surface area contributed by atoms with E-state index in [1.165, 1.54) is 9.87 Å². The van der Waals surface area contributed by atoms with Crippen LogP contribution in [0.3, 0.4) is 0 Å². The number of amides is 2. The number of hydrogen-bond acceptors (Lipinski definition) is 6. The minimum atomic E-state index is -3.77. The molecule has 1 aliphatic carbocycles. The summed E-state index contributed by atoms with van der Waals surface area (Å²) in [7, 11) is -2.23. The first-order valence-electron chi connectivity index (χ1n) is 12.5. The molecule has 1 saturated heterocycles. The van der Waals surface area contributed by atoms with Crippen LogP contribution in [-0.4, -0.2) is 72.9 Å². The molecule has 2 amide bonds. The second-order valence-corrected chi connectivity index (χ2v) is 11.7. The molecular formula is C27H34N2O7S. The Morgan fingerprint density at radius 1 is 1.05 bits per heavy atom. The van der Waals surface area contributed by atoms with Crippen molar-refractivity contribution in [2.45, 2.75) is 62.8 Å². The number of nitrogens with zero attached hydrogens (tertiary/aromatic N) is 2. The maximum absolute atomic E-state index is 12.8. The van der Waals surface area contributed by atoms with Gasteiger partial charge in [0.25, 0.3) is 0 Å². The van der Waals surface area contributed by atoms with E-state index in [1.807, 2.05) is 18.2 Å². The van der Waals surface area contributed by atoms with Gasteiger partial charge in [-0.1, -0.05) is 42.5 Å². The van der Waals surface area contributed by atoms with Gasteiger partial charge < -0.3 is 14.6 Å². The van der Waals surface area contributed by atoms with Gasteiger partial charge in [-0.05, 0) is 54.9 Å². The maximum Gasteiger partial charge on any atom is 0.414 e. The Kier molecular flexibility index (Phi) is 8.51. The van der Waals surface area contributed by atoms with E-state index in [0.29, 0.717) is 17.2 Å². The van der Waals surface area contributed by atoms with Gasteiger partial charge in [0.2, 0.25) is 15.9 Å². The molecule has 2 atom stereocenters. The van der Waals surface area contributed by atoms with Crippen LogP contribution in [-0.2, 0) is 26.1 Å². The standard InChI is InChI=1S/C27H34N2O7S/c1-35-22-12-8-19(9-13-22)17-28(37(2,33)34)24-16-26(30)29(27(31)32)25(24)18-36-23-14-10-21(11-15-23)20-6-4-3-5-7-20/h3-9,12-13,21,23-25H,10-11,14-18H2,1-2H3,(H,31,32)/t21-,23+,24-,25-/m0/s1. The van der Waals surface area contributed by atoms with Crippen LogP contribution < -0.4 is 4.74 Å². The Morgan fingerprint density at radius 2 is 1.70 bits per heavy atom. The maximum atomic E-state index is 12.8. The lowest BCUT2D eigenvalue weighted by atomic mass is 9.83. The lowest BCUT2D eigenvalue weighted by Crippen LogP contribution is -2.51. The van der Waals surface area contributed by atoms with Crippen LogP contribution in [0.2, 0.25) is 0 Å². The Bertz CT molecular complexity index is 1180. The predicted octanol–water partition coefficient (Wildman–Crippen LogP) is 3.85. The number of hydrogen-bond donors (Lipinski definition) is 1. The molecule has 9 nitrogen and oxygen atoms in total. The molecule has 4 rings (SSSR count). The second-order valence-electron chi connectivity index (χ2n) is 9.76. The summed E-state index contributed by atoms with van der Waals surface area (Å²) < 4.78 is 38.2. The van der Waals surface area contributed by atoms with Gasteiger partial charge in [-0.15, -0.1) is 0 Å². The van der Waals surface area contributed by atoms with Gasteiger partial charge in [-0.2, -0.15) is 4.31 Å². The van der Waals surface area contributed by atoms with E-state index >= 15 is 0 Å². The highest BCUT2D eigenvalue weighted by Gasteiger charge is 2.48. The third kappa shape index (κ3) is 6.49. The molecule has 1 heterocycles. The average Bonchev–Trinajstić information content (AvgIpc) is 3.22. The molecule has 1 saturated carbocycles. The molecule has 1 N–H and O–H groups in total. The quantitative estimate of drug-likeness (QED) is 0.524. The first-order chi connectivity index (χ1) is 17.7. The SMILES string of the molecule is COc1ccc(CN([C@H]2CC(=O)N(C(=O)O)[C@H]2CO[C@H]2CC[C@@H](c3ccccc3)CC2)S(C)(=O)=O)cc1. The molecule has 2 aliphatic rings. The summed E-state index contributed by atoms with van der Waals surface area (Å²) in [5, 5.41) is 9.77. The molecule has 200 valence electrons. The van der Waals surface area contributed by atoms with Gasteiger partial charge in [0.15, 0.2) is 0 Å². The minimum absolute atomic E-state index is 0.00686. The van der Waals surface area contributed by atoms with Crippen LogP contribution >= 0.6 is 0 Å². The lowest BCUT2D eigenvalue weighted by Gasteiger charge is -2.34. The number of carboxylic acid groups (broad SMARTS) is 1. The normalized spacial score (nSPS) is 24.4. The van der Waals surface area contributed by atoms with Gasteiger partial charge in [0.1, 0.15) is 5.75 Å². The highest BCUT2D eigenvalue weighted by atomic mass is 32.2. The number of ether oxygens (including phenoxy) is 2. The summed E-state index contributed by atoms with van der Waals surface area (Å²) >= 11 is 0. The highest BCUT2D eigenvalue weighted by molar-refractivity contribution is 7.88. The number of carbonyl (C=O) groups excluding carboxylic acids is 1. The molecule has 1 aliphatic heterocycles. The average molecular weight is 531 g/mol. The minimum Gasteiger partial charge on any atom is -0.497 e. The third-order valence-corrected chi connectivity index (χ3v) is 8.63. The second kappa shape index (κ2) is 11.6. The van der Waals surface area contributed by atoms with Gasteiger partial charge >= 0.3 is 6.09 Å². The molecule has 10 heteroatoms. The number of likely N-dealkylation sites (tertiary alicyclic amines) is 1. The molecular weight excluding hydrogens is 496 g/mol. The van der Waals surface area contributed by atoms with E-state index in [4.69, 9.17) is 9.47 Å². The summed E-state index contributed by atoms with van der Waals surface area (Å²) in [4.78, 5) is 25.4. The lowest BCUT2D eigenvalue weighted by molar-refractivity contribution is -0.127. The molecule has 0 spiro atoms. The molecule has 0 unspecified atom stereocenters. The fourth-order valence-corrected chi connectivity index (χ4v) is 6.50. The van der Waals surface area contributed by atoms with Crippen LogP contribution in [0.5, 0.6) is 5.75 Å². The zero-order chi connectivity index (χ0) is 26.6. The summed E-state index contributed by atoms with van der Waals surface area (Å²) in [5.74, 6) is 0.473. The number of sulfonamides is 1. The number of benzene rings is 2. The van der Waals surface area contributed by atoms with Crippen LogP contribution in [0, 0.1) is 0 Å². The largest absolute Gasteiger partial charge is 0.497 e. The van der Waals surface area contributed by atoms with Crippen molar-refractivity contribution in [2.75, 3.05) is 20.0 Å². The molecule has 0 aromatic heterocycles. The zero-order valence-corrected chi connectivity index (χ0v) is 22.0. The van der Waals surface area contributed by atoms with Crippen molar-refractivity contribution < 1.29 is 32.6 Å². The van der Waals surface area contributed by atoms with Crippen LogP contribution in [0.1, 0.15) is 49.1 Å². The van der Waals surface area contributed by atoms with E-state index in [0.717, 1.165) is 36.8 Å². The van der Waals surface area contributed by atoms with E-state index in [9.17, 15) is 23.1 Å². The van der Waals surface area contributed by atoms with Gasteiger partial charge in [-0.25, -0.2) is 18.1 Å². The molecule has 2 fully saturated rings. The van der Waals surface area contributed by atoms with Crippen molar-refractivity contribution >= 4 is 22.0 Å². The highest BCUT2D eigenvalue weighted by Crippen LogP contribution is 2.35. The fraction of sp³-hybridized carbons (Fsp3) is 0.481. The van der Waals surface area contributed by atoms with E-state index in [-0.39, 0.29) is 25.7 Å². The van der Waals surface area contributed by atoms with Crippen LogP contribution in [0.25, 0.3) is 0 Å². The fourth-order valence-electron chi connectivity index (χ4n) is 5.41. The number of carbonyl (C=O) groups is 2. The smallest absolute Gasteiger partial charge is 0.414 e. The molecule has 2 aromatic rings. The molecule has 0 radical (unpaired) electrons. The van der Waals surface area contributed by atoms with E-state index in [2.05, 4.69) is 12.1 Å². The van der Waals surface area contributed by atoms with Crippen molar-refractivity contribution in [3.8, 4) is 5.75 Å². The summed E-state index contributed by atoms with van der Waals surface area (Å²) in [6, 6.07) is 15.5. The monoisotopic (exact) mass is 530 g/mol. The first kappa shape index (κ1) is 27.1. The van der Waals surface area contributed by atoms with Crippen LogP contribution in [0.4, 0.5) is 4.79 Å². The number of rotatable bonds is 9. The summed E-state index contributed by atoms with van der Waals surface area (Å²) in [6.07, 6.45) is 2.94. The molecule has 0 bridgehead atoms. The Morgan fingerprint density at radius 3 is 2.27 bits per heavy atom. The Hall–Kier alpha value is -2.95. The van der Waals surface area contributed by atoms with E-state index in [1.54, 1.807) is 31.4 Å². The molecule has 37 heavy (non-hydrogen) atoms. The predicted molar refractivity (Wildman–Crippen MR) is 138 cm³/mol.